The van der Waals surface area contributed by atoms with Gasteiger partial charge in [-0.3, -0.25) is 4.79 Å². The van der Waals surface area contributed by atoms with Crippen molar-refractivity contribution in [1.82, 2.24) is 4.98 Å². The summed E-state index contributed by atoms with van der Waals surface area (Å²) in [6.07, 6.45) is 0. The second-order valence-electron chi connectivity index (χ2n) is 7.12. The normalized spacial score (nSPS) is 10.6. The first-order valence-corrected chi connectivity index (χ1v) is 9.46. The lowest BCUT2D eigenvalue weighted by Crippen LogP contribution is -2.15. The van der Waals surface area contributed by atoms with Crippen LogP contribution in [0.25, 0.3) is 0 Å². The van der Waals surface area contributed by atoms with Gasteiger partial charge in [-0.05, 0) is 49.2 Å². The summed E-state index contributed by atoms with van der Waals surface area (Å²) in [5.41, 5.74) is 7.54. The van der Waals surface area contributed by atoms with Gasteiger partial charge in [0.25, 0.3) is 5.91 Å². The van der Waals surface area contributed by atoms with Gasteiger partial charge in [-0.25, -0.2) is 4.98 Å². The monoisotopic (exact) mass is 391 g/mol. The van der Waals surface area contributed by atoms with Crippen molar-refractivity contribution in [3.8, 4) is 17.2 Å². The molecular formula is C23H25N3O3. The van der Waals surface area contributed by atoms with Crippen molar-refractivity contribution < 1.29 is 14.3 Å². The quantitative estimate of drug-likeness (QED) is 0.588. The lowest BCUT2D eigenvalue weighted by atomic mass is 10.2. The molecule has 1 heterocycles. The number of ether oxygens (including phenoxy) is 2. The topological polar surface area (TPSA) is 86.5 Å². The van der Waals surface area contributed by atoms with Crippen molar-refractivity contribution in [2.24, 2.45) is 5.92 Å². The third kappa shape index (κ3) is 5.48. The Balaban J connectivity index is 1.74. The molecule has 0 aliphatic heterocycles. The van der Waals surface area contributed by atoms with Crippen LogP contribution in [-0.4, -0.2) is 17.5 Å². The summed E-state index contributed by atoms with van der Waals surface area (Å²) in [4.78, 5) is 16.7. The molecule has 2 aromatic carbocycles. The number of rotatable bonds is 7. The summed E-state index contributed by atoms with van der Waals surface area (Å²) >= 11 is 0. The van der Waals surface area contributed by atoms with Crippen molar-refractivity contribution in [3.05, 3.63) is 71.9 Å². The fourth-order valence-electron chi connectivity index (χ4n) is 2.64. The third-order valence-corrected chi connectivity index (χ3v) is 4.05. The van der Waals surface area contributed by atoms with Crippen molar-refractivity contribution in [1.29, 1.82) is 0 Å². The van der Waals surface area contributed by atoms with E-state index in [0.717, 1.165) is 5.69 Å². The van der Waals surface area contributed by atoms with Crippen LogP contribution in [0.3, 0.4) is 0 Å². The lowest BCUT2D eigenvalue weighted by molar-refractivity contribution is 0.102. The van der Waals surface area contributed by atoms with Crippen molar-refractivity contribution in [3.63, 3.8) is 0 Å². The maximum Gasteiger partial charge on any atom is 0.259 e. The van der Waals surface area contributed by atoms with Gasteiger partial charge < -0.3 is 20.5 Å². The van der Waals surface area contributed by atoms with Crippen LogP contribution in [0.5, 0.6) is 17.2 Å². The first kappa shape index (κ1) is 20.2. The number of para-hydroxylation sites is 2. The molecule has 3 N–H and O–H groups in total. The molecular weight excluding hydrogens is 366 g/mol. The number of anilines is 2. The molecule has 29 heavy (non-hydrogen) atoms. The summed E-state index contributed by atoms with van der Waals surface area (Å²) in [6.45, 7) is 6.60. The van der Waals surface area contributed by atoms with E-state index in [9.17, 15) is 4.79 Å². The molecule has 0 unspecified atom stereocenters. The van der Waals surface area contributed by atoms with Crippen LogP contribution >= 0.6 is 0 Å². The number of hydrogen-bond acceptors (Lipinski definition) is 5. The largest absolute Gasteiger partial charge is 0.489 e. The first-order chi connectivity index (χ1) is 13.9. The van der Waals surface area contributed by atoms with E-state index in [4.69, 9.17) is 15.2 Å². The molecule has 3 aromatic rings. The van der Waals surface area contributed by atoms with Crippen LogP contribution in [0, 0.1) is 12.8 Å². The first-order valence-electron chi connectivity index (χ1n) is 9.46. The minimum atomic E-state index is -0.326. The number of nitrogens with two attached hydrogens (primary N) is 1. The average Bonchev–Trinajstić information content (AvgIpc) is 2.67. The van der Waals surface area contributed by atoms with Gasteiger partial charge in [0.15, 0.2) is 11.5 Å². The number of nitrogens with one attached hydrogen (secondary N) is 1. The highest BCUT2D eigenvalue weighted by Gasteiger charge is 2.12. The number of nitrogens with zero attached hydrogens (tertiary/aromatic N) is 1. The number of aromatic nitrogens is 1. The van der Waals surface area contributed by atoms with Gasteiger partial charge in [-0.15, -0.1) is 0 Å². The van der Waals surface area contributed by atoms with E-state index in [1.165, 1.54) is 0 Å². The molecule has 1 amide bonds. The number of hydrogen-bond donors (Lipinski definition) is 2. The summed E-state index contributed by atoms with van der Waals surface area (Å²) in [5, 5.41) is 2.83. The van der Waals surface area contributed by atoms with Gasteiger partial charge in [0.05, 0.1) is 12.2 Å². The van der Waals surface area contributed by atoms with Gasteiger partial charge in [-0.2, -0.15) is 0 Å². The van der Waals surface area contributed by atoms with E-state index in [0.29, 0.717) is 41.0 Å². The minimum Gasteiger partial charge on any atom is -0.489 e. The van der Waals surface area contributed by atoms with E-state index >= 15 is 0 Å². The Hall–Kier alpha value is -3.54. The SMILES string of the molecule is Cc1ccc(C(=O)Nc2cccc(Oc3ccccc3OCC(C)C)c2)c(N)n1. The third-order valence-electron chi connectivity index (χ3n) is 4.05. The Labute approximate surface area is 170 Å². The maximum absolute atomic E-state index is 12.5. The van der Waals surface area contributed by atoms with Gasteiger partial charge >= 0.3 is 0 Å². The molecule has 1 aromatic heterocycles. The zero-order valence-electron chi connectivity index (χ0n) is 16.8. The Morgan fingerprint density at radius 2 is 1.83 bits per heavy atom. The number of pyridine rings is 1. The molecule has 0 aliphatic carbocycles. The summed E-state index contributed by atoms with van der Waals surface area (Å²) in [7, 11) is 0. The smallest absolute Gasteiger partial charge is 0.259 e. The predicted molar refractivity (Wildman–Crippen MR) is 115 cm³/mol. The molecule has 150 valence electrons. The van der Waals surface area contributed by atoms with Gasteiger partial charge in [0, 0.05) is 17.4 Å². The van der Waals surface area contributed by atoms with Crippen molar-refractivity contribution in [2.75, 3.05) is 17.7 Å². The molecule has 6 heteroatoms. The van der Waals surface area contributed by atoms with Gasteiger partial charge in [0.1, 0.15) is 11.6 Å². The van der Waals surface area contributed by atoms with Crippen LogP contribution in [0.2, 0.25) is 0 Å². The van der Waals surface area contributed by atoms with Gasteiger partial charge in [-0.1, -0.05) is 32.0 Å². The number of nitrogen functional groups attached to an aromatic ring is 1. The number of carbonyl (C=O) groups excluding carboxylic acids is 1. The molecule has 0 saturated carbocycles. The number of carbonyl (C=O) groups is 1. The molecule has 0 saturated heterocycles. The zero-order chi connectivity index (χ0) is 20.8. The molecule has 6 nitrogen and oxygen atoms in total. The molecule has 0 bridgehead atoms. The van der Waals surface area contributed by atoms with Crippen molar-refractivity contribution >= 4 is 17.4 Å². The standard InChI is InChI=1S/C23H25N3O3/c1-15(2)14-28-20-9-4-5-10-21(20)29-18-8-6-7-17(13-18)26-23(27)19-12-11-16(3)25-22(19)24/h4-13,15H,14H2,1-3H3,(H2,24,25)(H,26,27). The highest BCUT2D eigenvalue weighted by Crippen LogP contribution is 2.32. The number of amides is 1. The van der Waals surface area contributed by atoms with Crippen molar-refractivity contribution in [2.45, 2.75) is 20.8 Å². The Morgan fingerprint density at radius 3 is 2.55 bits per heavy atom. The number of aryl methyl sites for hydroxylation is 1. The van der Waals surface area contributed by atoms with E-state index in [2.05, 4.69) is 24.1 Å². The van der Waals surface area contributed by atoms with Crippen LogP contribution in [-0.2, 0) is 0 Å². The van der Waals surface area contributed by atoms with E-state index in [1.807, 2.05) is 37.3 Å². The minimum absolute atomic E-state index is 0.200. The maximum atomic E-state index is 12.5. The van der Waals surface area contributed by atoms with Crippen LogP contribution in [0.15, 0.2) is 60.7 Å². The van der Waals surface area contributed by atoms with Crippen LogP contribution in [0.1, 0.15) is 29.9 Å². The Kier molecular flexibility index (Phi) is 6.34. The molecule has 3 rings (SSSR count). The fourth-order valence-corrected chi connectivity index (χ4v) is 2.64. The number of benzene rings is 2. The highest BCUT2D eigenvalue weighted by molar-refractivity contribution is 6.07. The summed E-state index contributed by atoms with van der Waals surface area (Å²) in [5.74, 6) is 2.15. The zero-order valence-corrected chi connectivity index (χ0v) is 16.8. The predicted octanol–water partition coefficient (Wildman–Crippen LogP) is 5.05. The van der Waals surface area contributed by atoms with Crippen LogP contribution in [0.4, 0.5) is 11.5 Å². The Morgan fingerprint density at radius 1 is 1.07 bits per heavy atom. The van der Waals surface area contributed by atoms with E-state index in [-0.39, 0.29) is 11.7 Å². The second-order valence-corrected chi connectivity index (χ2v) is 7.12. The van der Waals surface area contributed by atoms with E-state index < -0.39 is 0 Å². The van der Waals surface area contributed by atoms with Crippen LogP contribution < -0.4 is 20.5 Å². The molecule has 0 aliphatic rings. The second kappa shape index (κ2) is 9.10. The molecule has 0 spiro atoms. The summed E-state index contributed by atoms with van der Waals surface area (Å²) < 4.78 is 11.8. The van der Waals surface area contributed by atoms with E-state index in [1.54, 1.807) is 30.3 Å². The summed E-state index contributed by atoms with van der Waals surface area (Å²) in [6, 6.07) is 18.1. The highest BCUT2D eigenvalue weighted by atomic mass is 16.5. The molecule has 0 atom stereocenters. The molecule has 0 fully saturated rings. The average molecular weight is 391 g/mol. The fraction of sp³-hybridized carbons (Fsp3) is 0.217. The molecule has 0 radical (unpaired) electrons. The Bertz CT molecular complexity index is 1000. The lowest BCUT2D eigenvalue weighted by Gasteiger charge is -2.14. The van der Waals surface area contributed by atoms with Gasteiger partial charge in [0.2, 0.25) is 0 Å².